The molecule has 5 aliphatic heterocycles. The minimum atomic E-state index is 0. The molecule has 4 saturated carbocycles. The van der Waals surface area contributed by atoms with Crippen LogP contribution in [0.2, 0.25) is 0 Å². The summed E-state index contributed by atoms with van der Waals surface area (Å²) in [5.74, 6) is 5.74. The van der Waals surface area contributed by atoms with Crippen molar-refractivity contribution in [2.45, 2.75) is 146 Å². The van der Waals surface area contributed by atoms with Crippen molar-refractivity contribution in [3.8, 4) is 0 Å². The van der Waals surface area contributed by atoms with E-state index < -0.39 is 0 Å². The number of aliphatic hydroxyl groups excluding tert-OH is 8. The van der Waals surface area contributed by atoms with E-state index in [1.165, 1.54) is 96.3 Å². The molecule has 0 radical (unpaired) electrons. The van der Waals surface area contributed by atoms with Gasteiger partial charge in [0.1, 0.15) is 0 Å². The van der Waals surface area contributed by atoms with Gasteiger partial charge in [0.15, 0.2) is 0 Å². The molecule has 5 saturated heterocycles. The Hall–Kier alpha value is -4.07. The second-order valence-corrected chi connectivity index (χ2v) is 16.1. The number of nitrogens with one attached hydrogen (secondary N) is 8. The van der Waals surface area contributed by atoms with E-state index in [-0.39, 0.29) is 16.5 Å². The summed E-state index contributed by atoms with van der Waals surface area (Å²) in [7, 11) is 0. The van der Waals surface area contributed by atoms with E-state index >= 15 is 0 Å². The molecule has 9 aliphatic rings. The van der Waals surface area contributed by atoms with Crippen LogP contribution in [-0.2, 0) is 54.8 Å². The molecule has 65 heavy (non-hydrogen) atoms. The summed E-state index contributed by atoms with van der Waals surface area (Å²) >= 11 is 0. The smallest absolute Gasteiger partial charge is 0.0628 e. The van der Waals surface area contributed by atoms with E-state index in [1.807, 2.05) is 0 Å². The minimum absolute atomic E-state index is 0. The fraction of sp³-hybridized carbons (Fsp3) is 0.775. The van der Waals surface area contributed by atoms with Gasteiger partial charge in [0.05, 0.1) is 43.2 Å². The molecule has 9 rings (SSSR count). The molecule has 25 heteroatoms. The van der Waals surface area contributed by atoms with Gasteiger partial charge in [0, 0.05) is 22.7 Å². The zero-order chi connectivity index (χ0) is 47.9. The van der Waals surface area contributed by atoms with Gasteiger partial charge in [0.2, 0.25) is 0 Å². The molecule has 16 atom stereocenters. The maximum Gasteiger partial charge on any atom is 0.0628 e. The van der Waals surface area contributed by atoms with Crippen LogP contribution in [0, 0.1) is 53.8 Å². The van der Waals surface area contributed by atoms with Crippen LogP contribution in [-0.4, -0.2) is 142 Å². The van der Waals surface area contributed by atoms with Crippen LogP contribution in [0.5, 0.6) is 0 Å². The van der Waals surface area contributed by atoms with Gasteiger partial charge in [-0.05, 0) is 80.0 Å². The third-order valence-corrected chi connectivity index (χ3v) is 13.6. The van der Waals surface area contributed by atoms with Crippen molar-refractivity contribution in [1.82, 2.24) is 42.5 Å². The SMILES string of the molecule is O=[C-]O.O=[C-]O.O=[C-]O.O=[C-]O.O=[C-]O.O=[C-]O.O=[C-]O.O=[C-]O.[CH-]1CCCC2C3NC(NC4NC(NC5NC(NC6NC(N3)C3CCCCC63)C3CCCCC53)C3CCCCC43)C12.[Ni]. The molecule has 0 amide bonds. The number of fused-ring (bicyclic) bond motifs is 20. The quantitative estimate of drug-likeness (QED) is 0.105. The first kappa shape index (κ1) is 60.9. The number of hydrogen-bond acceptors (Lipinski definition) is 16. The van der Waals surface area contributed by atoms with Crippen LogP contribution in [0.3, 0.4) is 0 Å². The number of rotatable bonds is 0. The average Bonchev–Trinajstić information content (AvgIpc) is 4.02. The Bertz CT molecular complexity index is 1060. The number of hydrogen-bond donors (Lipinski definition) is 16. The van der Waals surface area contributed by atoms with Gasteiger partial charge < -0.3 is 85.6 Å². The molecule has 0 spiro atoms. The molecule has 24 nitrogen and oxygen atoms in total. The Morgan fingerprint density at radius 3 is 0.677 bits per heavy atom. The van der Waals surface area contributed by atoms with E-state index in [0.717, 1.165) is 35.5 Å². The maximum absolute atomic E-state index is 8.24. The van der Waals surface area contributed by atoms with Crippen LogP contribution in [0.15, 0.2) is 0 Å². The van der Waals surface area contributed by atoms with Crippen molar-refractivity contribution in [3.05, 3.63) is 6.42 Å². The molecular weight excluding hydrogens is 907 g/mol. The molecule has 16 unspecified atom stereocenters. The van der Waals surface area contributed by atoms with Gasteiger partial charge in [-0.3, -0.25) is 42.5 Å². The molecule has 5 heterocycles. The van der Waals surface area contributed by atoms with Crippen molar-refractivity contribution < 1.29 is 95.7 Å². The first-order chi connectivity index (χ1) is 31.1. The molecule has 4 aliphatic carbocycles. The molecule has 378 valence electrons. The monoisotopic (exact) mass is 969 g/mol. The first-order valence-corrected chi connectivity index (χ1v) is 21.1. The molecule has 0 aromatic carbocycles. The molecule has 8 bridgehead atoms. The zero-order valence-electron chi connectivity index (χ0n) is 35.6. The van der Waals surface area contributed by atoms with E-state index in [1.54, 1.807) is 0 Å². The second kappa shape index (κ2) is 36.1. The van der Waals surface area contributed by atoms with Crippen LogP contribution >= 0.6 is 0 Å². The van der Waals surface area contributed by atoms with Crippen molar-refractivity contribution >= 4 is 51.8 Å². The van der Waals surface area contributed by atoms with E-state index in [4.69, 9.17) is 79.2 Å². The Morgan fingerprint density at radius 1 is 0.292 bits per heavy atom. The average molecular weight is 971 g/mol. The Balaban J connectivity index is 0.00000139. The van der Waals surface area contributed by atoms with Gasteiger partial charge in [-0.1, -0.05) is 103 Å². The largest absolute Gasteiger partial charge is 0.665 e. The fourth-order valence-electron chi connectivity index (χ4n) is 11.7. The van der Waals surface area contributed by atoms with Gasteiger partial charge in [-0.25, -0.2) is 0 Å². The van der Waals surface area contributed by atoms with E-state index in [0.29, 0.717) is 113 Å². The minimum Gasteiger partial charge on any atom is -0.665 e. The van der Waals surface area contributed by atoms with Gasteiger partial charge >= 0.3 is 0 Å². The Morgan fingerprint density at radius 2 is 0.462 bits per heavy atom. The van der Waals surface area contributed by atoms with Crippen molar-refractivity contribution in [2.75, 3.05) is 0 Å². The molecule has 9 fully saturated rings. The van der Waals surface area contributed by atoms with Crippen LogP contribution in [0.4, 0.5) is 0 Å². The van der Waals surface area contributed by atoms with Gasteiger partial charge in [-0.2, -0.15) is 6.42 Å². The molecule has 0 aromatic heterocycles. The summed E-state index contributed by atoms with van der Waals surface area (Å²) in [6.07, 6.45) is 26.4. The van der Waals surface area contributed by atoms with Crippen LogP contribution in [0.25, 0.3) is 0 Å². The van der Waals surface area contributed by atoms with Gasteiger partial charge in [-0.15, -0.1) is 5.92 Å². The molecule has 0 aromatic rings. The maximum atomic E-state index is 8.24. The summed E-state index contributed by atoms with van der Waals surface area (Å²) in [5.41, 5.74) is 0. The normalized spacial score (nSPS) is 36.9. The third kappa shape index (κ3) is 18.6. The molecule has 16 N–H and O–H groups in total. The fourth-order valence-corrected chi connectivity index (χ4v) is 11.7. The third-order valence-electron chi connectivity index (χ3n) is 13.6. The Kier molecular flexibility index (Phi) is 33.8. The first-order valence-electron chi connectivity index (χ1n) is 21.1. The standard InChI is InChI=1S/C32H55N8.8CHO2.Ni/c1-2-10-18-17(9-1)25-33-26(18)38-28-21-13-5-6-14-22(21)30(35-28)40-32-24-16-8-7-15-23(24)31(36-32)39-29-20-12-4-3-11-19(20)27(34-29)37-25;8*2-1-3;/h9,17-40H,1-8,10-16H2;8*(H,2,3);/q9*-1;. The van der Waals surface area contributed by atoms with Gasteiger partial charge in [0.25, 0.3) is 0 Å². The van der Waals surface area contributed by atoms with Crippen LogP contribution < -0.4 is 42.5 Å². The van der Waals surface area contributed by atoms with Crippen molar-refractivity contribution in [1.29, 1.82) is 0 Å². The topological polar surface area (TPSA) is 395 Å². The Labute approximate surface area is 388 Å². The van der Waals surface area contributed by atoms with E-state index in [2.05, 4.69) is 49.0 Å². The van der Waals surface area contributed by atoms with Crippen LogP contribution in [0.1, 0.15) is 96.3 Å². The predicted octanol–water partition coefficient (Wildman–Crippen LogP) is -0.690. The zero-order valence-corrected chi connectivity index (χ0v) is 36.6. The summed E-state index contributed by atoms with van der Waals surface area (Å²) in [4.78, 5) is 65.9. The second-order valence-electron chi connectivity index (χ2n) is 16.1. The summed E-state index contributed by atoms with van der Waals surface area (Å²) in [6.45, 7) is 4.00. The summed E-state index contributed by atoms with van der Waals surface area (Å²) in [5, 5.41) is 87.8. The summed E-state index contributed by atoms with van der Waals surface area (Å²) < 4.78 is 0. The van der Waals surface area contributed by atoms with Crippen molar-refractivity contribution in [3.63, 3.8) is 0 Å². The predicted molar refractivity (Wildman–Crippen MR) is 223 cm³/mol. The van der Waals surface area contributed by atoms with E-state index in [9.17, 15) is 0 Å². The summed E-state index contributed by atoms with van der Waals surface area (Å²) in [6, 6.07) is 0. The van der Waals surface area contributed by atoms with Crippen molar-refractivity contribution in [2.24, 2.45) is 47.3 Å². The molecular formula is C40H63N8NiO16-9.